The molecule has 8 heteroatoms. The molecule has 1 atom stereocenters. The average molecular weight is 569 g/mol. The number of anilines is 3. The first-order chi connectivity index (χ1) is 19.8. The standard InChI is InChI=1S/C33H33FN4O2S/c1-20(2)26-14-8-17-37(26)29-15-7-12-25(35-29)33(40)38-18-16-22-19-28(41-31(22)23-10-4-5-13-27(23)38)32(39)36-30-21(3)9-6-11-24(30)34/h4-7,9-13,15,19-20,26H,8,14,16-18H2,1-3H3,(H,36,39)/t26-/m1/s1. The first kappa shape index (κ1) is 27.1. The summed E-state index contributed by atoms with van der Waals surface area (Å²) in [5, 5.41) is 2.75. The quantitative estimate of drug-likeness (QED) is 0.274. The third-order valence-corrected chi connectivity index (χ3v) is 9.31. The molecule has 4 aromatic rings. The summed E-state index contributed by atoms with van der Waals surface area (Å²) in [7, 11) is 0. The molecular weight excluding hydrogens is 535 g/mol. The van der Waals surface area contributed by atoms with Crippen LogP contribution in [0.15, 0.2) is 66.7 Å². The number of carbonyl (C=O) groups is 2. The second-order valence-electron chi connectivity index (χ2n) is 11.1. The summed E-state index contributed by atoms with van der Waals surface area (Å²) in [6.07, 6.45) is 2.85. The van der Waals surface area contributed by atoms with Gasteiger partial charge in [0.15, 0.2) is 0 Å². The van der Waals surface area contributed by atoms with Crippen molar-refractivity contribution in [3.05, 3.63) is 94.2 Å². The predicted molar refractivity (Wildman–Crippen MR) is 164 cm³/mol. The number of hydrogen-bond donors (Lipinski definition) is 1. The van der Waals surface area contributed by atoms with Crippen LogP contribution >= 0.6 is 11.3 Å². The Hall–Kier alpha value is -4.04. The lowest BCUT2D eigenvalue weighted by Crippen LogP contribution is -2.36. The van der Waals surface area contributed by atoms with E-state index in [-0.39, 0.29) is 17.5 Å². The minimum absolute atomic E-state index is 0.136. The van der Waals surface area contributed by atoms with Crippen LogP contribution in [0.25, 0.3) is 10.4 Å². The molecule has 2 aromatic heterocycles. The topological polar surface area (TPSA) is 65.5 Å². The Labute approximate surface area is 243 Å². The van der Waals surface area contributed by atoms with Crippen LogP contribution in [0.2, 0.25) is 0 Å². The minimum Gasteiger partial charge on any atom is -0.353 e. The molecule has 0 spiro atoms. The highest BCUT2D eigenvalue weighted by Gasteiger charge is 2.31. The number of pyridine rings is 1. The highest BCUT2D eigenvalue weighted by Crippen LogP contribution is 2.42. The first-order valence-corrected chi connectivity index (χ1v) is 15.0. The van der Waals surface area contributed by atoms with Gasteiger partial charge in [0.1, 0.15) is 17.3 Å². The fourth-order valence-corrected chi connectivity index (χ4v) is 7.13. The van der Waals surface area contributed by atoms with E-state index in [0.29, 0.717) is 41.1 Å². The van der Waals surface area contributed by atoms with E-state index in [1.807, 2.05) is 42.5 Å². The first-order valence-electron chi connectivity index (χ1n) is 14.2. The summed E-state index contributed by atoms with van der Waals surface area (Å²) in [6.45, 7) is 7.65. The van der Waals surface area contributed by atoms with Gasteiger partial charge in [0, 0.05) is 29.6 Å². The lowest BCUT2D eigenvalue weighted by molar-refractivity contribution is 0.0981. The number of nitrogens with one attached hydrogen (secondary N) is 1. The summed E-state index contributed by atoms with van der Waals surface area (Å²) in [4.78, 5) is 37.6. The zero-order valence-electron chi connectivity index (χ0n) is 23.5. The van der Waals surface area contributed by atoms with E-state index in [2.05, 4.69) is 24.1 Å². The molecule has 0 unspecified atom stereocenters. The van der Waals surface area contributed by atoms with Gasteiger partial charge in [0.2, 0.25) is 0 Å². The smallest absolute Gasteiger partial charge is 0.276 e. The molecule has 2 amide bonds. The number of fused-ring (bicyclic) bond motifs is 3. The van der Waals surface area contributed by atoms with Crippen LogP contribution in [0.3, 0.4) is 0 Å². The number of benzene rings is 2. The summed E-state index contributed by atoms with van der Waals surface area (Å²) in [6, 6.07) is 20.5. The largest absolute Gasteiger partial charge is 0.353 e. The van der Waals surface area contributed by atoms with Crippen LogP contribution < -0.4 is 15.1 Å². The lowest BCUT2D eigenvalue weighted by Gasteiger charge is -2.29. The van der Waals surface area contributed by atoms with Gasteiger partial charge in [-0.2, -0.15) is 0 Å². The van der Waals surface area contributed by atoms with Crippen molar-refractivity contribution in [2.75, 3.05) is 28.2 Å². The van der Waals surface area contributed by atoms with Crippen LogP contribution in [0, 0.1) is 18.7 Å². The Morgan fingerprint density at radius 1 is 1.05 bits per heavy atom. The van der Waals surface area contributed by atoms with Gasteiger partial charge in [-0.15, -0.1) is 11.3 Å². The van der Waals surface area contributed by atoms with Crippen LogP contribution in [0.1, 0.15) is 58.0 Å². The minimum atomic E-state index is -0.460. The highest BCUT2D eigenvalue weighted by molar-refractivity contribution is 7.17. The molecule has 0 bridgehead atoms. The van der Waals surface area contributed by atoms with Crippen molar-refractivity contribution in [2.24, 2.45) is 5.92 Å². The van der Waals surface area contributed by atoms with E-state index >= 15 is 0 Å². The fourth-order valence-electron chi connectivity index (χ4n) is 6.00. The highest BCUT2D eigenvalue weighted by atomic mass is 32.1. The van der Waals surface area contributed by atoms with Crippen LogP contribution in [-0.4, -0.2) is 35.9 Å². The van der Waals surface area contributed by atoms with E-state index in [1.54, 1.807) is 30.0 Å². The Bertz CT molecular complexity index is 1610. The van der Waals surface area contributed by atoms with Gasteiger partial charge in [0.25, 0.3) is 11.8 Å². The number of nitrogens with zero attached hydrogens (tertiary/aromatic N) is 3. The molecular formula is C33H33FN4O2S. The molecule has 2 aliphatic heterocycles. The van der Waals surface area contributed by atoms with Gasteiger partial charge >= 0.3 is 0 Å². The number of hydrogen-bond acceptors (Lipinski definition) is 5. The van der Waals surface area contributed by atoms with Gasteiger partial charge in [-0.1, -0.05) is 50.2 Å². The van der Waals surface area contributed by atoms with Gasteiger partial charge in [-0.3, -0.25) is 9.59 Å². The van der Waals surface area contributed by atoms with Crippen molar-refractivity contribution in [2.45, 2.75) is 46.1 Å². The van der Waals surface area contributed by atoms with Crippen molar-refractivity contribution >= 4 is 40.3 Å². The third kappa shape index (κ3) is 5.12. The normalized spacial score (nSPS) is 16.4. The molecule has 0 saturated carbocycles. The molecule has 0 radical (unpaired) electrons. The zero-order valence-corrected chi connectivity index (χ0v) is 24.3. The molecule has 210 valence electrons. The van der Waals surface area contributed by atoms with Gasteiger partial charge < -0.3 is 15.1 Å². The van der Waals surface area contributed by atoms with Crippen molar-refractivity contribution in [3.63, 3.8) is 0 Å². The number of aryl methyl sites for hydroxylation is 1. The predicted octanol–water partition coefficient (Wildman–Crippen LogP) is 7.34. The monoisotopic (exact) mass is 568 g/mol. The SMILES string of the molecule is Cc1cccc(F)c1NC(=O)c1cc2c(s1)-c1ccccc1N(C(=O)c1cccc(N3CCC[C@@H]3C(C)C)n1)CC2. The number of amides is 2. The Morgan fingerprint density at radius 3 is 2.66 bits per heavy atom. The maximum Gasteiger partial charge on any atom is 0.276 e. The van der Waals surface area contributed by atoms with Crippen LogP contribution in [-0.2, 0) is 6.42 Å². The molecule has 6 nitrogen and oxygen atoms in total. The second-order valence-corrected chi connectivity index (χ2v) is 12.2. The Balaban J connectivity index is 1.29. The molecule has 1 fully saturated rings. The molecule has 0 aliphatic carbocycles. The van der Waals surface area contributed by atoms with Gasteiger partial charge in [-0.05, 0) is 73.6 Å². The van der Waals surface area contributed by atoms with E-state index < -0.39 is 5.82 Å². The van der Waals surface area contributed by atoms with E-state index in [1.165, 1.54) is 17.4 Å². The number of carbonyl (C=O) groups excluding carboxylic acids is 2. The third-order valence-electron chi connectivity index (χ3n) is 8.10. The van der Waals surface area contributed by atoms with Gasteiger partial charge in [-0.25, -0.2) is 9.37 Å². The summed E-state index contributed by atoms with van der Waals surface area (Å²) >= 11 is 1.37. The Morgan fingerprint density at radius 2 is 1.85 bits per heavy atom. The maximum atomic E-state index is 14.4. The average Bonchev–Trinajstić information content (AvgIpc) is 3.61. The second kappa shape index (κ2) is 11.1. The molecule has 2 aliphatic rings. The van der Waals surface area contributed by atoms with Crippen molar-refractivity contribution in [3.8, 4) is 10.4 Å². The van der Waals surface area contributed by atoms with Crippen LogP contribution in [0.4, 0.5) is 21.6 Å². The van der Waals surface area contributed by atoms with Crippen LogP contribution in [0.5, 0.6) is 0 Å². The van der Waals surface area contributed by atoms with Crippen molar-refractivity contribution in [1.82, 2.24) is 4.98 Å². The summed E-state index contributed by atoms with van der Waals surface area (Å²) < 4.78 is 14.4. The fraction of sp³-hybridized carbons (Fsp3) is 0.303. The lowest BCUT2D eigenvalue weighted by atomic mass is 10.0. The summed E-state index contributed by atoms with van der Waals surface area (Å²) in [5.74, 6) is 0.429. The van der Waals surface area contributed by atoms with E-state index in [0.717, 1.165) is 46.9 Å². The zero-order chi connectivity index (χ0) is 28.7. The molecule has 2 aromatic carbocycles. The summed E-state index contributed by atoms with van der Waals surface area (Å²) in [5.41, 5.74) is 3.97. The van der Waals surface area contributed by atoms with E-state index in [9.17, 15) is 14.0 Å². The molecule has 4 heterocycles. The van der Waals surface area contributed by atoms with Crippen molar-refractivity contribution < 1.29 is 14.0 Å². The number of rotatable bonds is 5. The number of aromatic nitrogens is 1. The van der Waals surface area contributed by atoms with Crippen molar-refractivity contribution in [1.29, 1.82) is 0 Å². The van der Waals surface area contributed by atoms with Gasteiger partial charge in [0.05, 0.1) is 16.3 Å². The number of halogens is 1. The Kier molecular flexibility index (Phi) is 7.34. The number of para-hydroxylation sites is 2. The molecule has 41 heavy (non-hydrogen) atoms. The maximum absolute atomic E-state index is 14.4. The molecule has 1 N–H and O–H groups in total. The van der Waals surface area contributed by atoms with E-state index in [4.69, 9.17) is 4.98 Å². The molecule has 1 saturated heterocycles. The molecule has 6 rings (SSSR count). The number of thiophene rings is 1.